The van der Waals surface area contributed by atoms with E-state index >= 15 is 0 Å². The van der Waals surface area contributed by atoms with E-state index in [1.807, 2.05) is 25.9 Å². The molecule has 3 aromatic rings. The number of amides is 1. The first-order valence-electron chi connectivity index (χ1n) is 12.0. The Morgan fingerprint density at radius 3 is 2.54 bits per heavy atom. The van der Waals surface area contributed by atoms with Gasteiger partial charge >= 0.3 is 5.97 Å². The molecule has 8 nitrogen and oxygen atoms in total. The third-order valence-electron chi connectivity index (χ3n) is 6.47. The van der Waals surface area contributed by atoms with Gasteiger partial charge in [0.25, 0.3) is 5.91 Å². The summed E-state index contributed by atoms with van der Waals surface area (Å²) < 4.78 is 47.4. The second-order valence-corrected chi connectivity index (χ2v) is 11.2. The van der Waals surface area contributed by atoms with Crippen molar-refractivity contribution >= 4 is 21.7 Å². The van der Waals surface area contributed by atoms with Crippen molar-refractivity contribution in [1.29, 1.82) is 0 Å². The normalized spacial score (nSPS) is 13.4. The quantitative estimate of drug-likeness (QED) is 0.340. The van der Waals surface area contributed by atoms with Crippen LogP contribution in [0.5, 0.6) is 0 Å². The van der Waals surface area contributed by atoms with Crippen LogP contribution in [0, 0.1) is 12.7 Å². The molecule has 1 aliphatic heterocycles. The van der Waals surface area contributed by atoms with Crippen LogP contribution in [-0.2, 0) is 38.8 Å². The highest BCUT2D eigenvalue weighted by atomic mass is 32.2. The van der Waals surface area contributed by atoms with Gasteiger partial charge in [-0.05, 0) is 62.5 Å². The van der Waals surface area contributed by atoms with E-state index in [1.54, 1.807) is 22.8 Å². The Morgan fingerprint density at radius 1 is 1.14 bits per heavy atom. The van der Waals surface area contributed by atoms with E-state index < -0.39 is 21.6 Å². The molecule has 0 saturated carbocycles. The van der Waals surface area contributed by atoms with Crippen molar-refractivity contribution in [2.45, 2.75) is 36.1 Å². The lowest BCUT2D eigenvalue weighted by atomic mass is 9.97. The van der Waals surface area contributed by atoms with Crippen LogP contribution in [0.4, 0.5) is 4.39 Å². The monoisotopic (exact) mass is 527 g/mol. The number of likely N-dealkylation sites (N-methyl/N-ethyl adjacent to an activating group) is 1. The zero-order valence-electron chi connectivity index (χ0n) is 21.1. The molecule has 0 spiro atoms. The van der Waals surface area contributed by atoms with Crippen molar-refractivity contribution in [1.82, 2.24) is 14.8 Å². The van der Waals surface area contributed by atoms with Gasteiger partial charge in [-0.3, -0.25) is 9.59 Å². The van der Waals surface area contributed by atoms with Crippen molar-refractivity contribution in [2.75, 3.05) is 33.8 Å². The minimum Gasteiger partial charge on any atom is -0.463 e. The van der Waals surface area contributed by atoms with Gasteiger partial charge in [0.1, 0.15) is 19.0 Å². The lowest BCUT2D eigenvalue weighted by Crippen LogP contribution is -2.33. The standard InChI is InChI=1S/C27H30FN3O5S/c1-18-22(16-19-6-4-5-7-24(19)37(34,35)21-10-8-20(28)9-11-21)26-23(12-13-29-27(26)33)31(18)17-25(32)36-15-14-30(2)3/h4-11H,12-17H2,1-3H3,(H,29,33). The van der Waals surface area contributed by atoms with Gasteiger partial charge in [0.15, 0.2) is 0 Å². The molecule has 0 atom stereocenters. The highest BCUT2D eigenvalue weighted by Gasteiger charge is 2.30. The van der Waals surface area contributed by atoms with Crippen molar-refractivity contribution in [2.24, 2.45) is 0 Å². The molecule has 0 radical (unpaired) electrons. The number of sulfone groups is 1. The van der Waals surface area contributed by atoms with E-state index in [-0.39, 0.29) is 35.3 Å². The number of nitrogens with one attached hydrogen (secondary N) is 1. The number of nitrogens with zero attached hydrogens (tertiary/aromatic N) is 2. The maximum absolute atomic E-state index is 13.4. The van der Waals surface area contributed by atoms with E-state index in [0.717, 1.165) is 17.8 Å². The first-order chi connectivity index (χ1) is 17.6. The fourth-order valence-electron chi connectivity index (χ4n) is 4.56. The third kappa shape index (κ3) is 5.60. The van der Waals surface area contributed by atoms with Crippen LogP contribution < -0.4 is 5.32 Å². The average Bonchev–Trinajstić information content (AvgIpc) is 3.11. The van der Waals surface area contributed by atoms with Crippen LogP contribution in [0.1, 0.15) is 32.9 Å². The summed E-state index contributed by atoms with van der Waals surface area (Å²) in [7, 11) is -0.159. The molecule has 1 aromatic heterocycles. The molecule has 0 fully saturated rings. The topological polar surface area (TPSA) is 97.7 Å². The van der Waals surface area contributed by atoms with Crippen LogP contribution in [0.25, 0.3) is 0 Å². The van der Waals surface area contributed by atoms with Crippen LogP contribution >= 0.6 is 0 Å². The van der Waals surface area contributed by atoms with Gasteiger partial charge in [0.2, 0.25) is 9.84 Å². The summed E-state index contributed by atoms with van der Waals surface area (Å²) in [4.78, 5) is 27.5. The Labute approximate surface area is 216 Å². The minimum absolute atomic E-state index is 0.0177. The number of carbonyl (C=O) groups is 2. The summed E-state index contributed by atoms with van der Waals surface area (Å²) in [6.07, 6.45) is 0.712. The molecule has 2 aromatic carbocycles. The van der Waals surface area contributed by atoms with Gasteiger partial charge in [-0.15, -0.1) is 0 Å². The number of esters is 1. The molecule has 196 valence electrons. The smallest absolute Gasteiger partial charge is 0.325 e. The van der Waals surface area contributed by atoms with Crippen molar-refractivity contribution in [3.8, 4) is 0 Å². The molecule has 0 saturated heterocycles. The van der Waals surface area contributed by atoms with Crippen molar-refractivity contribution < 1.29 is 27.1 Å². The van der Waals surface area contributed by atoms with Gasteiger partial charge in [-0.2, -0.15) is 0 Å². The number of hydrogen-bond acceptors (Lipinski definition) is 6. The molecule has 10 heteroatoms. The largest absolute Gasteiger partial charge is 0.463 e. The molecule has 4 rings (SSSR count). The number of benzene rings is 2. The van der Waals surface area contributed by atoms with E-state index in [0.29, 0.717) is 41.9 Å². The number of carbonyl (C=O) groups excluding carboxylic acids is 2. The van der Waals surface area contributed by atoms with E-state index in [9.17, 15) is 22.4 Å². The number of aromatic nitrogens is 1. The predicted molar refractivity (Wildman–Crippen MR) is 136 cm³/mol. The maximum atomic E-state index is 13.4. The minimum atomic E-state index is -3.94. The van der Waals surface area contributed by atoms with Gasteiger partial charge < -0.3 is 19.5 Å². The van der Waals surface area contributed by atoms with Crippen LogP contribution in [-0.4, -0.2) is 63.6 Å². The first kappa shape index (κ1) is 26.6. The molecular formula is C27H30FN3O5S. The Hall–Kier alpha value is -3.50. The van der Waals surface area contributed by atoms with Crippen molar-refractivity contribution in [3.63, 3.8) is 0 Å². The second-order valence-electron chi connectivity index (χ2n) is 9.24. The SMILES string of the molecule is Cc1c(Cc2ccccc2S(=O)(=O)c2ccc(F)cc2)c2c(n1CC(=O)OCCN(C)C)CCNC2=O. The first-order valence-corrected chi connectivity index (χ1v) is 13.5. The number of fused-ring (bicyclic) bond motifs is 1. The summed E-state index contributed by atoms with van der Waals surface area (Å²) in [5.41, 5.74) is 3.08. The second kappa shape index (κ2) is 10.9. The molecular weight excluding hydrogens is 497 g/mol. The zero-order chi connectivity index (χ0) is 26.7. The van der Waals surface area contributed by atoms with E-state index in [4.69, 9.17) is 4.74 Å². The number of hydrogen-bond donors (Lipinski definition) is 1. The highest BCUT2D eigenvalue weighted by molar-refractivity contribution is 7.91. The maximum Gasteiger partial charge on any atom is 0.325 e. The van der Waals surface area contributed by atoms with E-state index in [1.165, 1.54) is 18.2 Å². The van der Waals surface area contributed by atoms with Crippen LogP contribution in [0.3, 0.4) is 0 Å². The van der Waals surface area contributed by atoms with E-state index in [2.05, 4.69) is 5.32 Å². The molecule has 0 bridgehead atoms. The molecule has 1 aliphatic rings. The van der Waals surface area contributed by atoms with Gasteiger partial charge in [0, 0.05) is 37.3 Å². The molecule has 37 heavy (non-hydrogen) atoms. The molecule has 1 amide bonds. The predicted octanol–water partition coefficient (Wildman–Crippen LogP) is 2.75. The lowest BCUT2D eigenvalue weighted by Gasteiger charge is -2.17. The summed E-state index contributed by atoms with van der Waals surface area (Å²) in [6.45, 7) is 3.09. The van der Waals surface area contributed by atoms with Gasteiger partial charge in [0.05, 0.1) is 15.4 Å². The molecule has 0 unspecified atom stereocenters. The molecule has 1 N–H and O–H groups in total. The fourth-order valence-corrected chi connectivity index (χ4v) is 6.05. The summed E-state index contributed by atoms with van der Waals surface area (Å²) in [5, 5.41) is 2.85. The van der Waals surface area contributed by atoms with Crippen molar-refractivity contribution in [3.05, 3.63) is 82.4 Å². The Morgan fingerprint density at radius 2 is 1.84 bits per heavy atom. The average molecular weight is 528 g/mol. The number of ether oxygens (including phenoxy) is 1. The summed E-state index contributed by atoms with van der Waals surface area (Å²) in [5.74, 6) is -1.18. The molecule has 0 aliphatic carbocycles. The highest BCUT2D eigenvalue weighted by Crippen LogP contribution is 2.31. The number of halogens is 1. The summed E-state index contributed by atoms with van der Waals surface area (Å²) in [6, 6.07) is 11.3. The fraction of sp³-hybridized carbons (Fsp3) is 0.333. The Kier molecular flexibility index (Phi) is 7.79. The Balaban J connectivity index is 1.71. The summed E-state index contributed by atoms with van der Waals surface area (Å²) >= 11 is 0. The third-order valence-corrected chi connectivity index (χ3v) is 8.34. The molecule has 2 heterocycles. The number of rotatable bonds is 9. The van der Waals surface area contributed by atoms with Crippen LogP contribution in [0.15, 0.2) is 58.3 Å². The lowest BCUT2D eigenvalue weighted by molar-refractivity contribution is -0.144. The zero-order valence-corrected chi connectivity index (χ0v) is 21.9. The Bertz CT molecular complexity index is 1430. The van der Waals surface area contributed by atoms with Gasteiger partial charge in [-0.1, -0.05) is 18.2 Å². The van der Waals surface area contributed by atoms with Gasteiger partial charge in [-0.25, -0.2) is 12.8 Å². The van der Waals surface area contributed by atoms with Crippen LogP contribution in [0.2, 0.25) is 0 Å².